The number of piperazine rings is 1. The standard InChI is InChI=1S/C50H56BrFN13O5P/c1-29-36(52)22-34-37(55-29)8-9-38(46(34)71(5,6)69)56-47-35(51)26-53-49(59-47)57-39-23-33(31-25-54-60(2)28-31)42(24-44(39)70-4)64-15-13-30(14-16-64)27-62-17-19-63(20-18-62)32-7-10-40-43(21-32)61(3)50(68)65(40)41-11-12-45(66)58-48(41)67/h7-10,21-26,28,30,41H,11-20,27H2,1-6H3,(H,58,66,67)(H2,53,56,57,59). The fourth-order valence-corrected chi connectivity index (χ4v) is 12.1. The summed E-state index contributed by atoms with van der Waals surface area (Å²) in [5, 5.41) is 14.6. The topological polar surface area (TPSA) is 190 Å². The molecule has 3 fully saturated rings. The van der Waals surface area contributed by atoms with E-state index in [0.717, 1.165) is 86.7 Å². The Bertz CT molecular complexity index is 3350. The van der Waals surface area contributed by atoms with Gasteiger partial charge in [0.25, 0.3) is 0 Å². The van der Waals surface area contributed by atoms with Gasteiger partial charge in [-0.05, 0) is 104 Å². The molecule has 0 aliphatic carbocycles. The summed E-state index contributed by atoms with van der Waals surface area (Å²) < 4.78 is 40.1. The molecule has 3 N–H and O–H groups in total. The summed E-state index contributed by atoms with van der Waals surface area (Å²) in [5.74, 6) is 0.637. The van der Waals surface area contributed by atoms with E-state index in [0.29, 0.717) is 61.5 Å². The number of imidazole rings is 1. The van der Waals surface area contributed by atoms with Crippen LogP contribution >= 0.6 is 23.1 Å². The van der Waals surface area contributed by atoms with Crippen LogP contribution < -0.4 is 41.5 Å². The number of hydrogen-bond donors (Lipinski definition) is 3. The van der Waals surface area contributed by atoms with Gasteiger partial charge in [-0.1, -0.05) is 0 Å². The maximum atomic E-state index is 14.8. The van der Waals surface area contributed by atoms with Gasteiger partial charge in [-0.3, -0.25) is 38.6 Å². The van der Waals surface area contributed by atoms with E-state index in [1.54, 1.807) is 62.0 Å². The van der Waals surface area contributed by atoms with Crippen LogP contribution in [0.5, 0.6) is 5.75 Å². The molecule has 7 aromatic rings. The Kier molecular flexibility index (Phi) is 13.0. The lowest BCUT2D eigenvalue weighted by Crippen LogP contribution is -2.49. The highest BCUT2D eigenvalue weighted by Crippen LogP contribution is 2.44. The number of pyridine rings is 1. The molecular formula is C50H56BrFN13O5P. The third-order valence-corrected chi connectivity index (χ3v) is 16.2. The van der Waals surface area contributed by atoms with Gasteiger partial charge in [-0.25, -0.2) is 14.2 Å². The first-order valence-electron chi connectivity index (χ1n) is 23.7. The average Bonchev–Trinajstić information content (AvgIpc) is 3.89. The molecule has 3 aromatic carbocycles. The summed E-state index contributed by atoms with van der Waals surface area (Å²) in [6.07, 6.45) is 8.06. The number of halogens is 2. The first kappa shape index (κ1) is 48.0. The quantitative estimate of drug-likeness (QED) is 0.0834. The number of benzene rings is 3. The van der Waals surface area contributed by atoms with Gasteiger partial charge in [-0.2, -0.15) is 10.1 Å². The van der Waals surface area contributed by atoms with Crippen LogP contribution in [0.25, 0.3) is 33.1 Å². The maximum absolute atomic E-state index is 14.8. The van der Waals surface area contributed by atoms with Crippen LogP contribution in [0.15, 0.2) is 76.4 Å². The lowest BCUT2D eigenvalue weighted by atomic mass is 9.94. The van der Waals surface area contributed by atoms with Crippen LogP contribution in [0.3, 0.4) is 0 Å². The van der Waals surface area contributed by atoms with Crippen molar-refractivity contribution >= 4 is 96.6 Å². The Morgan fingerprint density at radius 2 is 1.66 bits per heavy atom. The van der Waals surface area contributed by atoms with Gasteiger partial charge >= 0.3 is 5.69 Å². The Hall–Kier alpha value is -6.63. The molecule has 7 heterocycles. The Labute approximate surface area is 418 Å². The summed E-state index contributed by atoms with van der Waals surface area (Å²) in [6, 6.07) is 14.4. The molecule has 0 saturated carbocycles. The molecule has 1 atom stereocenters. The predicted octanol–water partition coefficient (Wildman–Crippen LogP) is 7.05. The van der Waals surface area contributed by atoms with Crippen molar-refractivity contribution in [2.24, 2.45) is 20.0 Å². The number of rotatable bonds is 12. The van der Waals surface area contributed by atoms with Crippen LogP contribution in [0.1, 0.15) is 37.4 Å². The number of carbonyl (C=O) groups excluding carboxylic acids is 2. The summed E-state index contributed by atoms with van der Waals surface area (Å²) in [6.45, 7) is 11.2. The lowest BCUT2D eigenvalue weighted by molar-refractivity contribution is -0.135. The molecule has 10 rings (SSSR count). The number of carbonyl (C=O) groups is 2. The van der Waals surface area contributed by atoms with Crippen LogP contribution in [-0.4, -0.2) is 117 Å². The van der Waals surface area contributed by atoms with Crippen molar-refractivity contribution in [3.05, 3.63) is 93.6 Å². The summed E-state index contributed by atoms with van der Waals surface area (Å²) in [4.78, 5) is 59.0. The Morgan fingerprint density at radius 3 is 2.37 bits per heavy atom. The molecule has 1 unspecified atom stereocenters. The van der Waals surface area contributed by atoms with Crippen molar-refractivity contribution in [1.82, 2.24) is 44.1 Å². The Morgan fingerprint density at radius 1 is 0.887 bits per heavy atom. The highest BCUT2D eigenvalue weighted by atomic mass is 79.9. The van der Waals surface area contributed by atoms with E-state index < -0.39 is 24.9 Å². The second-order valence-corrected chi connectivity index (χ2v) is 23.1. The zero-order valence-electron chi connectivity index (χ0n) is 40.5. The number of hydrogen-bond acceptors (Lipinski definition) is 14. The molecule has 0 bridgehead atoms. The van der Waals surface area contributed by atoms with Crippen molar-refractivity contribution < 1.29 is 23.3 Å². The average molecular weight is 1050 g/mol. The number of aromatic nitrogens is 7. The SMILES string of the molecule is COc1cc(N2CCC(CN3CCN(c4ccc5c(c4)n(C)c(=O)n5C4CCC(=O)NC4=O)CC3)CC2)c(-c2cnn(C)c2)cc1Nc1ncc(Br)c(Nc2ccc3nc(C)c(F)cc3c2P(C)(C)=O)n1. The number of nitrogens with one attached hydrogen (secondary N) is 3. The van der Waals surface area contributed by atoms with Gasteiger partial charge in [0, 0.05) is 118 Å². The Balaban J connectivity index is 0.817. The van der Waals surface area contributed by atoms with Crippen LogP contribution in [0.2, 0.25) is 0 Å². The van der Waals surface area contributed by atoms with Crippen molar-refractivity contribution in [2.45, 2.75) is 38.6 Å². The number of ether oxygens (including phenoxy) is 1. The third kappa shape index (κ3) is 9.52. The third-order valence-electron chi connectivity index (χ3n) is 14.0. The van der Waals surface area contributed by atoms with Crippen molar-refractivity contribution in [3.63, 3.8) is 0 Å². The van der Waals surface area contributed by atoms with Gasteiger partial charge in [-0.15, -0.1) is 0 Å². The largest absolute Gasteiger partial charge is 0.494 e. The second kappa shape index (κ2) is 19.2. The van der Waals surface area contributed by atoms with Crippen LogP contribution in [0, 0.1) is 18.7 Å². The van der Waals surface area contributed by atoms with Crippen molar-refractivity contribution in [2.75, 3.05) is 86.7 Å². The minimum absolute atomic E-state index is 0.203. The number of anilines is 6. The molecule has 3 saturated heterocycles. The molecule has 2 amide bonds. The summed E-state index contributed by atoms with van der Waals surface area (Å²) in [7, 11) is 2.32. The van der Waals surface area contributed by atoms with E-state index in [4.69, 9.17) is 9.72 Å². The fraction of sp³-hybridized carbons (Fsp3) is 0.380. The normalized spacial score (nSPS) is 17.3. The van der Waals surface area contributed by atoms with E-state index >= 15 is 0 Å². The molecule has 4 aromatic heterocycles. The van der Waals surface area contributed by atoms with E-state index in [-0.39, 0.29) is 29.7 Å². The van der Waals surface area contributed by atoms with Gasteiger partial charge in [0.15, 0.2) is 0 Å². The van der Waals surface area contributed by atoms with Gasteiger partial charge in [0.05, 0.1) is 51.4 Å². The number of amides is 2. The second-order valence-electron chi connectivity index (χ2n) is 19.1. The minimum Gasteiger partial charge on any atom is -0.494 e. The van der Waals surface area contributed by atoms with Crippen LogP contribution in [-0.2, 0) is 28.2 Å². The highest BCUT2D eigenvalue weighted by molar-refractivity contribution is 9.10. The molecule has 3 aliphatic heterocycles. The summed E-state index contributed by atoms with van der Waals surface area (Å²) in [5.41, 5.74) is 7.21. The van der Waals surface area contributed by atoms with Gasteiger partial charge in [0.2, 0.25) is 17.8 Å². The van der Waals surface area contributed by atoms with E-state index in [2.05, 4.69) is 73.8 Å². The van der Waals surface area contributed by atoms with Crippen molar-refractivity contribution in [1.29, 1.82) is 0 Å². The number of imide groups is 1. The molecule has 71 heavy (non-hydrogen) atoms. The van der Waals surface area contributed by atoms with E-state index in [1.165, 1.54) is 10.6 Å². The smallest absolute Gasteiger partial charge is 0.329 e. The number of aryl methyl sites for hydroxylation is 3. The predicted molar refractivity (Wildman–Crippen MR) is 279 cm³/mol. The molecule has 3 aliphatic rings. The first-order valence-corrected chi connectivity index (χ1v) is 27.1. The molecular weight excluding hydrogens is 993 g/mol. The summed E-state index contributed by atoms with van der Waals surface area (Å²) >= 11 is 3.59. The fourth-order valence-electron chi connectivity index (χ4n) is 10.3. The van der Waals surface area contributed by atoms with Crippen molar-refractivity contribution in [3.8, 4) is 16.9 Å². The number of piperidine rings is 2. The zero-order chi connectivity index (χ0) is 49.9. The number of nitrogens with zero attached hydrogens (tertiary/aromatic N) is 10. The monoisotopic (exact) mass is 1050 g/mol. The minimum atomic E-state index is -2.95. The number of fused-ring (bicyclic) bond motifs is 2. The highest BCUT2D eigenvalue weighted by Gasteiger charge is 2.32. The molecule has 0 spiro atoms. The maximum Gasteiger partial charge on any atom is 0.329 e. The van der Waals surface area contributed by atoms with E-state index in [9.17, 15) is 23.3 Å². The molecule has 18 nitrogen and oxygen atoms in total. The zero-order valence-corrected chi connectivity index (χ0v) is 43.0. The molecule has 21 heteroatoms. The first-order chi connectivity index (χ1) is 34.0. The van der Waals surface area contributed by atoms with E-state index in [1.807, 2.05) is 37.6 Å². The van der Waals surface area contributed by atoms with Crippen LogP contribution in [0.4, 0.5) is 38.9 Å². The lowest BCUT2D eigenvalue weighted by Gasteiger charge is -2.40. The van der Waals surface area contributed by atoms with Gasteiger partial charge < -0.3 is 29.7 Å². The van der Waals surface area contributed by atoms with Gasteiger partial charge in [0.1, 0.15) is 30.6 Å². The number of methoxy groups -OCH3 is 1. The molecule has 370 valence electrons. The molecule has 0 radical (unpaired) electrons.